The third-order valence-corrected chi connectivity index (χ3v) is 4.78. The number of benzene rings is 1. The molecule has 2 heterocycles. The molecule has 1 aliphatic heterocycles. The summed E-state index contributed by atoms with van der Waals surface area (Å²) in [4.78, 5) is 4.59. The Bertz CT molecular complexity index is 551. The summed E-state index contributed by atoms with van der Waals surface area (Å²) in [5, 5.41) is 1.19. The highest BCUT2D eigenvalue weighted by Crippen LogP contribution is 2.47. The van der Waals surface area contributed by atoms with Crippen molar-refractivity contribution in [3.63, 3.8) is 0 Å². The van der Waals surface area contributed by atoms with Crippen molar-refractivity contribution in [1.29, 1.82) is 0 Å². The van der Waals surface area contributed by atoms with Gasteiger partial charge in [0.05, 0.1) is 0 Å². The number of fused-ring (bicyclic) bond motifs is 2. The maximum atomic E-state index is 4.59. The summed E-state index contributed by atoms with van der Waals surface area (Å²) in [6, 6.07) is 13.1. The Kier molecular flexibility index (Phi) is 3.14. The number of pyridine rings is 1. The number of hydrogen-bond donors (Lipinski definition) is 0. The van der Waals surface area contributed by atoms with Crippen molar-refractivity contribution in [1.82, 2.24) is 4.98 Å². The fourth-order valence-corrected chi connectivity index (χ4v) is 3.98. The minimum atomic E-state index is 0.193. The van der Waals surface area contributed by atoms with Gasteiger partial charge in [-0.05, 0) is 28.2 Å². The number of hydrogen-bond acceptors (Lipinski definition) is 2. The van der Waals surface area contributed by atoms with Gasteiger partial charge in [-0.25, -0.2) is 4.98 Å². The Morgan fingerprint density at radius 2 is 1.79 bits per heavy atom. The van der Waals surface area contributed by atoms with E-state index in [1.165, 1.54) is 21.7 Å². The number of aromatic nitrogens is 1. The highest BCUT2D eigenvalue weighted by molar-refractivity contribution is 7.98. The average molecular weight is 269 g/mol. The Hall–Kier alpha value is -1.28. The van der Waals surface area contributed by atoms with Crippen molar-refractivity contribution in [3.05, 3.63) is 59.3 Å². The Morgan fingerprint density at radius 3 is 2.58 bits per heavy atom. The van der Waals surface area contributed by atoms with Gasteiger partial charge in [0.2, 0.25) is 0 Å². The molecule has 1 aromatic carbocycles. The zero-order valence-corrected chi connectivity index (χ0v) is 12.5. The highest BCUT2D eigenvalue weighted by atomic mass is 32.2. The van der Waals surface area contributed by atoms with E-state index in [1.54, 1.807) is 0 Å². The fraction of sp³-hybridized carbons (Fsp3) is 0.353. The Labute approximate surface area is 119 Å². The summed E-state index contributed by atoms with van der Waals surface area (Å²) in [6.45, 7) is 6.96. The maximum absolute atomic E-state index is 4.59. The van der Waals surface area contributed by atoms with Crippen molar-refractivity contribution in [2.45, 2.75) is 37.5 Å². The number of thioether (sulfide) groups is 1. The molecule has 0 spiro atoms. The van der Waals surface area contributed by atoms with E-state index in [1.807, 2.05) is 18.0 Å². The van der Waals surface area contributed by atoms with Gasteiger partial charge in [-0.15, -0.1) is 11.8 Å². The topological polar surface area (TPSA) is 12.9 Å². The molecule has 1 atom stereocenters. The molecule has 0 amide bonds. The molecule has 0 bridgehead atoms. The van der Waals surface area contributed by atoms with Gasteiger partial charge >= 0.3 is 0 Å². The Morgan fingerprint density at radius 1 is 1.05 bits per heavy atom. The predicted molar refractivity (Wildman–Crippen MR) is 81.5 cm³/mol. The zero-order chi connectivity index (χ0) is 13.5. The van der Waals surface area contributed by atoms with Gasteiger partial charge in [0.15, 0.2) is 0 Å². The summed E-state index contributed by atoms with van der Waals surface area (Å²) in [7, 11) is 0. The van der Waals surface area contributed by atoms with E-state index in [9.17, 15) is 0 Å². The van der Waals surface area contributed by atoms with E-state index in [0.717, 1.165) is 5.75 Å². The van der Waals surface area contributed by atoms with Crippen LogP contribution in [0.5, 0.6) is 0 Å². The molecule has 2 aromatic rings. The number of nitrogens with zero attached hydrogens (tertiary/aromatic N) is 1. The minimum Gasteiger partial charge on any atom is -0.250 e. The smallest absolute Gasteiger partial charge is 0.100 e. The minimum absolute atomic E-state index is 0.193. The molecular weight excluding hydrogens is 250 g/mol. The molecule has 0 saturated carbocycles. The summed E-state index contributed by atoms with van der Waals surface area (Å²) >= 11 is 1.86. The molecule has 0 fully saturated rings. The third kappa shape index (κ3) is 2.30. The summed E-state index contributed by atoms with van der Waals surface area (Å²) in [5.41, 5.74) is 4.49. The fourth-order valence-electron chi connectivity index (χ4n) is 2.94. The predicted octanol–water partition coefficient (Wildman–Crippen LogP) is 4.87. The lowest BCUT2D eigenvalue weighted by molar-refractivity contribution is 0.354. The van der Waals surface area contributed by atoms with E-state index >= 15 is 0 Å². The van der Waals surface area contributed by atoms with Crippen LogP contribution >= 0.6 is 11.8 Å². The molecule has 1 aromatic heterocycles. The lowest BCUT2D eigenvalue weighted by Crippen LogP contribution is -2.20. The second kappa shape index (κ2) is 4.68. The van der Waals surface area contributed by atoms with Gasteiger partial charge in [0, 0.05) is 17.9 Å². The average Bonchev–Trinajstić information content (AvgIpc) is 2.54. The van der Waals surface area contributed by atoms with Crippen LogP contribution in [0.15, 0.2) is 47.6 Å². The molecule has 1 nitrogen and oxygen atoms in total. The largest absolute Gasteiger partial charge is 0.250 e. The molecule has 0 aliphatic carbocycles. The van der Waals surface area contributed by atoms with Crippen LogP contribution in [0.3, 0.4) is 0 Å². The van der Waals surface area contributed by atoms with Crippen molar-refractivity contribution in [2.75, 3.05) is 0 Å². The Balaban J connectivity index is 2.25. The normalized spacial score (nSPS) is 18.4. The van der Waals surface area contributed by atoms with Crippen molar-refractivity contribution < 1.29 is 0 Å². The molecule has 3 rings (SSSR count). The maximum Gasteiger partial charge on any atom is 0.100 e. The van der Waals surface area contributed by atoms with E-state index < -0.39 is 0 Å². The van der Waals surface area contributed by atoms with Gasteiger partial charge in [-0.1, -0.05) is 51.1 Å². The van der Waals surface area contributed by atoms with Crippen LogP contribution in [0, 0.1) is 5.41 Å². The first-order valence-corrected chi connectivity index (χ1v) is 7.71. The number of rotatable bonds is 0. The first-order valence-electron chi connectivity index (χ1n) is 6.73. The van der Waals surface area contributed by atoms with Crippen LogP contribution in [0.2, 0.25) is 0 Å². The first-order chi connectivity index (χ1) is 9.07. The lowest BCUT2D eigenvalue weighted by atomic mass is 9.72. The van der Waals surface area contributed by atoms with Gasteiger partial charge in [0.25, 0.3) is 0 Å². The highest BCUT2D eigenvalue weighted by Gasteiger charge is 2.33. The molecule has 1 unspecified atom stereocenters. The van der Waals surface area contributed by atoms with E-state index in [2.05, 4.69) is 62.2 Å². The summed E-state index contributed by atoms with van der Waals surface area (Å²) in [5.74, 6) is 1.44. The van der Waals surface area contributed by atoms with Crippen LogP contribution in [-0.2, 0) is 5.75 Å². The van der Waals surface area contributed by atoms with Crippen LogP contribution in [0.4, 0.5) is 0 Å². The molecule has 19 heavy (non-hydrogen) atoms. The van der Waals surface area contributed by atoms with Gasteiger partial charge in [0.1, 0.15) is 5.03 Å². The van der Waals surface area contributed by atoms with Gasteiger partial charge < -0.3 is 0 Å². The molecule has 2 heteroatoms. The second-order valence-corrected chi connectivity index (χ2v) is 7.15. The van der Waals surface area contributed by atoms with Gasteiger partial charge in [-0.3, -0.25) is 0 Å². The van der Waals surface area contributed by atoms with Crippen LogP contribution in [-0.4, -0.2) is 4.98 Å². The molecule has 0 saturated heterocycles. The standard InChI is InChI=1S/C17H19NS/c1-17(2,3)15-13-8-5-4-7-12(13)11-19-16-14(15)9-6-10-18-16/h4-10,15H,11H2,1-3H3. The molecule has 0 N–H and O–H groups in total. The SMILES string of the molecule is CC(C)(C)C1c2ccccc2CSc2ncccc21. The van der Waals surface area contributed by atoms with Gasteiger partial charge in [-0.2, -0.15) is 0 Å². The van der Waals surface area contributed by atoms with Crippen LogP contribution in [0.1, 0.15) is 43.4 Å². The second-order valence-electron chi connectivity index (χ2n) is 6.18. The van der Waals surface area contributed by atoms with Crippen molar-refractivity contribution in [3.8, 4) is 0 Å². The molecule has 0 radical (unpaired) electrons. The molecular formula is C17H19NS. The molecule has 98 valence electrons. The lowest BCUT2D eigenvalue weighted by Gasteiger charge is -2.32. The molecule has 1 aliphatic rings. The quantitative estimate of drug-likeness (QED) is 0.677. The van der Waals surface area contributed by atoms with Crippen molar-refractivity contribution >= 4 is 11.8 Å². The zero-order valence-electron chi connectivity index (χ0n) is 11.7. The van der Waals surface area contributed by atoms with Crippen molar-refractivity contribution in [2.24, 2.45) is 5.41 Å². The monoisotopic (exact) mass is 269 g/mol. The van der Waals surface area contributed by atoms with Crippen LogP contribution < -0.4 is 0 Å². The van der Waals surface area contributed by atoms with E-state index in [-0.39, 0.29) is 5.41 Å². The first kappa shape index (κ1) is 12.7. The van der Waals surface area contributed by atoms with E-state index in [0.29, 0.717) is 5.92 Å². The van der Waals surface area contributed by atoms with Crippen LogP contribution in [0.25, 0.3) is 0 Å². The summed E-state index contributed by atoms with van der Waals surface area (Å²) < 4.78 is 0. The summed E-state index contributed by atoms with van der Waals surface area (Å²) in [6.07, 6.45) is 1.90. The third-order valence-electron chi connectivity index (χ3n) is 3.71. The van der Waals surface area contributed by atoms with E-state index in [4.69, 9.17) is 0 Å².